The van der Waals surface area contributed by atoms with Crippen LogP contribution in [0.2, 0.25) is 0 Å². The fourth-order valence-electron chi connectivity index (χ4n) is 3.09. The molecule has 0 unspecified atom stereocenters. The number of nitrogens with zero attached hydrogens (tertiary/aromatic N) is 1. The van der Waals surface area contributed by atoms with Crippen molar-refractivity contribution in [1.82, 2.24) is 5.32 Å². The summed E-state index contributed by atoms with van der Waals surface area (Å²) in [4.78, 5) is 25.6. The van der Waals surface area contributed by atoms with Crippen LogP contribution in [0.15, 0.2) is 24.3 Å². The molecule has 0 radical (unpaired) electrons. The quantitative estimate of drug-likeness (QED) is 0.846. The molecule has 2 aliphatic rings. The van der Waals surface area contributed by atoms with Crippen LogP contribution < -0.4 is 16.0 Å². The maximum atomic E-state index is 12.1. The van der Waals surface area contributed by atoms with E-state index in [4.69, 9.17) is 10.5 Å². The van der Waals surface area contributed by atoms with Crippen LogP contribution in [-0.2, 0) is 20.9 Å². The van der Waals surface area contributed by atoms with Gasteiger partial charge in [-0.1, -0.05) is 12.1 Å². The SMILES string of the molecule is NC[C@H]1CC[C@@H](C(=O)NCc2ccc(N3CCCC3=O)cc2)O1. The summed E-state index contributed by atoms with van der Waals surface area (Å²) < 4.78 is 5.58. The molecule has 2 heterocycles. The fraction of sp³-hybridized carbons (Fsp3) is 0.529. The van der Waals surface area contributed by atoms with E-state index in [0.29, 0.717) is 19.5 Å². The molecule has 124 valence electrons. The number of hydrogen-bond donors (Lipinski definition) is 2. The van der Waals surface area contributed by atoms with Crippen molar-refractivity contribution in [2.24, 2.45) is 5.73 Å². The van der Waals surface area contributed by atoms with E-state index >= 15 is 0 Å². The van der Waals surface area contributed by atoms with Crippen molar-refractivity contribution >= 4 is 17.5 Å². The van der Waals surface area contributed by atoms with Gasteiger partial charge in [-0.3, -0.25) is 9.59 Å². The third-order valence-electron chi connectivity index (χ3n) is 4.45. The number of carbonyl (C=O) groups excluding carboxylic acids is 2. The predicted molar refractivity (Wildman–Crippen MR) is 86.8 cm³/mol. The summed E-state index contributed by atoms with van der Waals surface area (Å²) in [5.41, 5.74) is 7.48. The number of anilines is 1. The molecule has 6 heteroatoms. The summed E-state index contributed by atoms with van der Waals surface area (Å²) in [5, 5.41) is 2.90. The summed E-state index contributed by atoms with van der Waals surface area (Å²) in [7, 11) is 0. The van der Waals surface area contributed by atoms with E-state index in [-0.39, 0.29) is 24.0 Å². The second-order valence-corrected chi connectivity index (χ2v) is 6.09. The largest absolute Gasteiger partial charge is 0.364 e. The highest BCUT2D eigenvalue weighted by atomic mass is 16.5. The molecule has 1 aromatic rings. The van der Waals surface area contributed by atoms with Crippen LogP contribution in [0.3, 0.4) is 0 Å². The van der Waals surface area contributed by atoms with E-state index in [1.165, 1.54) is 0 Å². The van der Waals surface area contributed by atoms with Crippen molar-refractivity contribution in [3.05, 3.63) is 29.8 Å². The third kappa shape index (κ3) is 3.71. The predicted octanol–water partition coefficient (Wildman–Crippen LogP) is 0.936. The van der Waals surface area contributed by atoms with Gasteiger partial charge in [0.1, 0.15) is 6.10 Å². The maximum Gasteiger partial charge on any atom is 0.249 e. The molecule has 6 nitrogen and oxygen atoms in total. The second-order valence-electron chi connectivity index (χ2n) is 6.09. The van der Waals surface area contributed by atoms with Crippen LogP contribution in [0.25, 0.3) is 0 Å². The van der Waals surface area contributed by atoms with Crippen LogP contribution in [0.5, 0.6) is 0 Å². The highest BCUT2D eigenvalue weighted by molar-refractivity contribution is 5.95. The Labute approximate surface area is 136 Å². The number of ether oxygens (including phenoxy) is 1. The van der Waals surface area contributed by atoms with Gasteiger partial charge in [0, 0.05) is 31.7 Å². The van der Waals surface area contributed by atoms with Gasteiger partial charge in [0.05, 0.1) is 6.10 Å². The number of carbonyl (C=O) groups is 2. The number of amides is 2. The Balaban J connectivity index is 1.51. The molecule has 23 heavy (non-hydrogen) atoms. The van der Waals surface area contributed by atoms with Crippen molar-refractivity contribution in [2.45, 2.75) is 44.4 Å². The lowest BCUT2D eigenvalue weighted by Gasteiger charge is -2.16. The lowest BCUT2D eigenvalue weighted by Crippen LogP contribution is -2.35. The van der Waals surface area contributed by atoms with Crippen LogP contribution in [0.1, 0.15) is 31.2 Å². The maximum absolute atomic E-state index is 12.1. The summed E-state index contributed by atoms with van der Waals surface area (Å²) in [6.07, 6.45) is 2.73. The highest BCUT2D eigenvalue weighted by Gasteiger charge is 2.29. The molecule has 0 aromatic heterocycles. The molecule has 2 amide bonds. The standard InChI is InChI=1S/C17H23N3O3/c18-10-14-7-8-15(23-14)17(22)19-11-12-3-5-13(6-4-12)20-9-1-2-16(20)21/h3-6,14-15H,1-2,7-11,18H2,(H,19,22)/t14-,15+/m1/s1. The number of nitrogens with one attached hydrogen (secondary N) is 1. The molecule has 3 N–H and O–H groups in total. The third-order valence-corrected chi connectivity index (χ3v) is 4.45. The summed E-state index contributed by atoms with van der Waals surface area (Å²) in [6, 6.07) is 7.75. The van der Waals surface area contributed by atoms with Gasteiger partial charge in [-0.05, 0) is 37.0 Å². The summed E-state index contributed by atoms with van der Waals surface area (Å²) >= 11 is 0. The Hall–Kier alpha value is -1.92. The monoisotopic (exact) mass is 317 g/mol. The molecule has 0 bridgehead atoms. The first-order valence-electron chi connectivity index (χ1n) is 8.20. The van der Waals surface area contributed by atoms with Gasteiger partial charge in [0.25, 0.3) is 0 Å². The summed E-state index contributed by atoms with van der Waals surface area (Å²) in [6.45, 7) is 1.71. The van der Waals surface area contributed by atoms with Gasteiger partial charge in [-0.2, -0.15) is 0 Å². The first kappa shape index (κ1) is 16.0. The molecular formula is C17H23N3O3. The zero-order chi connectivity index (χ0) is 16.2. The zero-order valence-electron chi connectivity index (χ0n) is 13.2. The lowest BCUT2D eigenvalue weighted by molar-refractivity contribution is -0.132. The van der Waals surface area contributed by atoms with Crippen molar-refractivity contribution in [2.75, 3.05) is 18.0 Å². The van der Waals surface area contributed by atoms with Crippen molar-refractivity contribution in [3.63, 3.8) is 0 Å². The van der Waals surface area contributed by atoms with Crippen LogP contribution in [0.4, 0.5) is 5.69 Å². The smallest absolute Gasteiger partial charge is 0.249 e. The van der Waals surface area contributed by atoms with Crippen molar-refractivity contribution in [1.29, 1.82) is 0 Å². The van der Waals surface area contributed by atoms with Gasteiger partial charge >= 0.3 is 0 Å². The Morgan fingerprint density at radius 2 is 2.09 bits per heavy atom. The molecular weight excluding hydrogens is 294 g/mol. The van der Waals surface area contributed by atoms with Gasteiger partial charge < -0.3 is 20.7 Å². The van der Waals surface area contributed by atoms with E-state index in [1.807, 2.05) is 29.2 Å². The molecule has 1 aromatic carbocycles. The molecule has 0 saturated carbocycles. The fourth-order valence-corrected chi connectivity index (χ4v) is 3.09. The number of hydrogen-bond acceptors (Lipinski definition) is 4. The molecule has 0 aliphatic carbocycles. The lowest BCUT2D eigenvalue weighted by atomic mass is 10.1. The van der Waals surface area contributed by atoms with E-state index in [0.717, 1.165) is 37.1 Å². The number of benzene rings is 1. The zero-order valence-corrected chi connectivity index (χ0v) is 13.2. The minimum Gasteiger partial charge on any atom is -0.364 e. The van der Waals surface area contributed by atoms with Crippen LogP contribution in [-0.4, -0.2) is 37.1 Å². The number of rotatable bonds is 5. The van der Waals surface area contributed by atoms with Crippen molar-refractivity contribution in [3.8, 4) is 0 Å². The van der Waals surface area contributed by atoms with Crippen LogP contribution >= 0.6 is 0 Å². The Bertz CT molecular complexity index is 573. The van der Waals surface area contributed by atoms with Crippen LogP contribution in [0, 0.1) is 0 Å². The average molecular weight is 317 g/mol. The van der Waals surface area contributed by atoms with E-state index in [2.05, 4.69) is 5.32 Å². The Kier molecular flexibility index (Phi) is 4.93. The Morgan fingerprint density at radius 3 is 2.70 bits per heavy atom. The highest BCUT2D eigenvalue weighted by Crippen LogP contribution is 2.22. The van der Waals surface area contributed by atoms with Gasteiger partial charge in [0.15, 0.2) is 0 Å². The second kappa shape index (κ2) is 7.10. The minimum atomic E-state index is -0.384. The molecule has 3 rings (SSSR count). The van der Waals surface area contributed by atoms with Gasteiger partial charge in [0.2, 0.25) is 11.8 Å². The van der Waals surface area contributed by atoms with E-state index < -0.39 is 0 Å². The molecule has 0 spiro atoms. The normalized spacial score (nSPS) is 24.2. The number of nitrogens with two attached hydrogens (primary N) is 1. The molecule has 2 saturated heterocycles. The van der Waals surface area contributed by atoms with E-state index in [1.54, 1.807) is 0 Å². The minimum absolute atomic E-state index is 0.00281. The molecule has 2 fully saturated rings. The molecule has 2 atom stereocenters. The average Bonchev–Trinajstić information content (AvgIpc) is 3.22. The summed E-state index contributed by atoms with van der Waals surface area (Å²) in [5.74, 6) is 0.0960. The topological polar surface area (TPSA) is 84.7 Å². The van der Waals surface area contributed by atoms with Crippen molar-refractivity contribution < 1.29 is 14.3 Å². The van der Waals surface area contributed by atoms with E-state index in [9.17, 15) is 9.59 Å². The first-order valence-corrected chi connectivity index (χ1v) is 8.20. The van der Waals surface area contributed by atoms with Gasteiger partial charge in [-0.15, -0.1) is 0 Å². The molecule has 2 aliphatic heterocycles. The van der Waals surface area contributed by atoms with Gasteiger partial charge in [-0.25, -0.2) is 0 Å². The Morgan fingerprint density at radius 1 is 1.30 bits per heavy atom. The first-order chi connectivity index (χ1) is 11.2.